The first-order chi connectivity index (χ1) is 9.90. The van der Waals surface area contributed by atoms with E-state index in [0.717, 1.165) is 0 Å². The molecule has 0 spiro atoms. The van der Waals surface area contributed by atoms with Crippen LogP contribution in [0.25, 0.3) is 10.8 Å². The molecule has 0 amide bonds. The van der Waals surface area contributed by atoms with E-state index in [0.29, 0.717) is 0 Å². The van der Waals surface area contributed by atoms with Crippen molar-refractivity contribution >= 4 is 29.2 Å². The number of fused-ring (bicyclic) bond motifs is 1. The lowest BCUT2D eigenvalue weighted by Gasteiger charge is -2.41. The minimum Gasteiger partial charge on any atom is -0.0626 e. The monoisotopic (exact) mass is 274 g/mol. The molecule has 0 N–H and O–H groups in total. The highest BCUT2D eigenvalue weighted by atomic mass is 28.3. The van der Waals surface area contributed by atoms with E-state index < -0.39 is 8.07 Å². The van der Waals surface area contributed by atoms with Crippen molar-refractivity contribution in [2.24, 2.45) is 0 Å². The minimum absolute atomic E-state index is 1.39. The highest BCUT2D eigenvalue weighted by Crippen LogP contribution is 2.33. The summed E-state index contributed by atoms with van der Waals surface area (Å²) in [4.78, 5) is 0. The lowest BCUT2D eigenvalue weighted by Crippen LogP contribution is -2.62. The summed E-state index contributed by atoms with van der Waals surface area (Å²) in [6.45, 7) is 0. The molecular weight excluding hydrogens is 256 g/mol. The second-order valence-electron chi connectivity index (χ2n) is 5.83. The van der Waals surface area contributed by atoms with E-state index >= 15 is 0 Å². The molecule has 20 heavy (non-hydrogen) atoms. The summed E-state index contributed by atoms with van der Waals surface area (Å²) in [5, 5.41) is 6.13. The Hall–Kier alpha value is -1.86. The Morgan fingerprint density at radius 2 is 1.35 bits per heavy atom. The number of hydrogen-bond acceptors (Lipinski definition) is 0. The number of benzene rings is 3. The zero-order valence-electron chi connectivity index (χ0n) is 11.5. The van der Waals surface area contributed by atoms with Crippen molar-refractivity contribution in [1.29, 1.82) is 0 Å². The molecule has 0 aliphatic carbocycles. The quantitative estimate of drug-likeness (QED) is 0.623. The van der Waals surface area contributed by atoms with E-state index in [1.165, 1.54) is 29.3 Å². The van der Waals surface area contributed by atoms with Gasteiger partial charge in [0.15, 0.2) is 0 Å². The van der Waals surface area contributed by atoms with Crippen LogP contribution in [0.4, 0.5) is 0 Å². The van der Waals surface area contributed by atoms with E-state index in [4.69, 9.17) is 0 Å². The third kappa shape index (κ3) is 1.66. The number of rotatable bonds is 2. The molecule has 0 saturated carbocycles. The van der Waals surface area contributed by atoms with Crippen molar-refractivity contribution in [2.45, 2.75) is 18.5 Å². The molecule has 1 aliphatic heterocycles. The predicted octanol–water partition coefficient (Wildman–Crippen LogP) is 3.81. The maximum Gasteiger partial charge on any atom is 0.118 e. The van der Waals surface area contributed by atoms with E-state index in [1.54, 1.807) is 10.4 Å². The fourth-order valence-corrected chi connectivity index (χ4v) is 8.12. The first-order valence-corrected chi connectivity index (χ1v) is 9.85. The van der Waals surface area contributed by atoms with Crippen LogP contribution in [0.2, 0.25) is 12.1 Å². The zero-order valence-corrected chi connectivity index (χ0v) is 12.5. The van der Waals surface area contributed by atoms with Gasteiger partial charge in [-0.2, -0.15) is 0 Å². The fraction of sp³-hybridized carbons (Fsp3) is 0.158. The van der Waals surface area contributed by atoms with Crippen LogP contribution >= 0.6 is 0 Å². The van der Waals surface area contributed by atoms with Crippen molar-refractivity contribution in [2.75, 3.05) is 0 Å². The van der Waals surface area contributed by atoms with Gasteiger partial charge in [0, 0.05) is 0 Å². The van der Waals surface area contributed by atoms with Crippen molar-refractivity contribution in [3.8, 4) is 0 Å². The van der Waals surface area contributed by atoms with Gasteiger partial charge in [0.25, 0.3) is 0 Å². The molecule has 3 aromatic carbocycles. The van der Waals surface area contributed by atoms with Gasteiger partial charge in [-0.05, 0) is 28.0 Å². The first-order valence-electron chi connectivity index (χ1n) is 7.44. The van der Waals surface area contributed by atoms with Gasteiger partial charge in [0.1, 0.15) is 8.07 Å². The Morgan fingerprint density at radius 1 is 0.650 bits per heavy atom. The Labute approximate surface area is 121 Å². The lowest BCUT2D eigenvalue weighted by molar-refractivity contribution is 0.928. The van der Waals surface area contributed by atoms with Crippen LogP contribution in [0.5, 0.6) is 0 Å². The van der Waals surface area contributed by atoms with Gasteiger partial charge in [-0.3, -0.25) is 0 Å². The van der Waals surface area contributed by atoms with Gasteiger partial charge in [-0.15, -0.1) is 0 Å². The molecule has 0 unspecified atom stereocenters. The van der Waals surface area contributed by atoms with Crippen LogP contribution < -0.4 is 10.4 Å². The summed E-state index contributed by atoms with van der Waals surface area (Å²) in [6.07, 6.45) is 1.39. The highest BCUT2D eigenvalue weighted by molar-refractivity contribution is 7.05. The molecule has 4 rings (SSSR count). The van der Waals surface area contributed by atoms with Crippen molar-refractivity contribution in [3.05, 3.63) is 72.8 Å². The maximum atomic E-state index is 2.39. The van der Waals surface area contributed by atoms with E-state index in [9.17, 15) is 0 Å². The Kier molecular flexibility index (Phi) is 2.74. The molecule has 1 heteroatoms. The molecule has 1 heterocycles. The lowest BCUT2D eigenvalue weighted by atomic mass is 10.1. The van der Waals surface area contributed by atoms with Gasteiger partial charge in [0.05, 0.1) is 0 Å². The molecular formula is C19H18Si. The van der Waals surface area contributed by atoms with E-state index in [1.807, 2.05) is 0 Å². The van der Waals surface area contributed by atoms with Crippen LogP contribution in [0.15, 0.2) is 72.8 Å². The standard InChI is InChI=1S/C19H18Si/c1-2-10-17(11-3-1)20(14-7-15-20)19-13-6-9-16-8-4-5-12-18(16)19/h1-6,8-13H,7,14-15H2. The molecule has 0 radical (unpaired) electrons. The third-order valence-electron chi connectivity index (χ3n) is 4.84. The predicted molar refractivity (Wildman–Crippen MR) is 89.6 cm³/mol. The molecule has 3 aromatic rings. The summed E-state index contributed by atoms with van der Waals surface area (Å²) in [6, 6.07) is 29.8. The van der Waals surface area contributed by atoms with Crippen molar-refractivity contribution in [3.63, 3.8) is 0 Å². The molecule has 1 aliphatic rings. The van der Waals surface area contributed by atoms with Crippen LogP contribution in [-0.2, 0) is 0 Å². The molecule has 0 aromatic heterocycles. The van der Waals surface area contributed by atoms with Gasteiger partial charge in [-0.25, -0.2) is 0 Å². The summed E-state index contributed by atoms with van der Waals surface area (Å²) in [5.41, 5.74) is 0. The highest BCUT2D eigenvalue weighted by Gasteiger charge is 2.43. The summed E-state index contributed by atoms with van der Waals surface area (Å²) in [5.74, 6) is 0. The maximum absolute atomic E-state index is 2.39. The van der Waals surface area contributed by atoms with Crippen LogP contribution in [0.1, 0.15) is 6.42 Å². The molecule has 0 bridgehead atoms. The van der Waals surface area contributed by atoms with E-state index in [2.05, 4.69) is 72.8 Å². The van der Waals surface area contributed by atoms with Crippen molar-refractivity contribution < 1.29 is 0 Å². The zero-order chi connectivity index (χ0) is 13.4. The van der Waals surface area contributed by atoms with Gasteiger partial charge in [-0.1, -0.05) is 84.4 Å². The first kappa shape index (κ1) is 11.9. The summed E-state index contributed by atoms with van der Waals surface area (Å²) in [7, 11) is -1.46. The topological polar surface area (TPSA) is 0 Å². The normalized spacial score (nSPS) is 16.8. The van der Waals surface area contributed by atoms with Gasteiger partial charge < -0.3 is 0 Å². The largest absolute Gasteiger partial charge is 0.118 e. The van der Waals surface area contributed by atoms with Gasteiger partial charge in [0.2, 0.25) is 0 Å². The van der Waals surface area contributed by atoms with Crippen LogP contribution in [0.3, 0.4) is 0 Å². The third-order valence-corrected chi connectivity index (χ3v) is 10.2. The fourth-order valence-electron chi connectivity index (χ4n) is 3.64. The van der Waals surface area contributed by atoms with Crippen LogP contribution in [0, 0.1) is 0 Å². The molecule has 98 valence electrons. The SMILES string of the molecule is c1ccc([Si]2(c3cccc4ccccc34)CCC2)cc1. The summed E-state index contributed by atoms with van der Waals surface area (Å²) >= 11 is 0. The second kappa shape index (κ2) is 4.60. The van der Waals surface area contributed by atoms with Crippen LogP contribution in [-0.4, -0.2) is 8.07 Å². The molecule has 1 saturated heterocycles. The average molecular weight is 274 g/mol. The number of hydrogen-bond donors (Lipinski definition) is 0. The minimum atomic E-state index is -1.46. The molecule has 1 fully saturated rings. The van der Waals surface area contributed by atoms with E-state index in [-0.39, 0.29) is 0 Å². The van der Waals surface area contributed by atoms with Crippen molar-refractivity contribution in [1.82, 2.24) is 0 Å². The summed E-state index contributed by atoms with van der Waals surface area (Å²) < 4.78 is 0. The Balaban J connectivity index is 1.97. The second-order valence-corrected chi connectivity index (χ2v) is 10.1. The smallest absolute Gasteiger partial charge is 0.0626 e. The molecule has 0 nitrogen and oxygen atoms in total. The average Bonchev–Trinajstić information content (AvgIpc) is 2.48. The Morgan fingerprint density at radius 3 is 2.10 bits per heavy atom. The van der Waals surface area contributed by atoms with Gasteiger partial charge >= 0.3 is 0 Å². The Bertz CT molecular complexity index is 737. The molecule has 0 atom stereocenters.